The Labute approximate surface area is 627 Å². The van der Waals surface area contributed by atoms with E-state index in [0.29, 0.717) is 5.41 Å². The van der Waals surface area contributed by atoms with Crippen LogP contribution in [0.3, 0.4) is 0 Å². The summed E-state index contributed by atoms with van der Waals surface area (Å²) in [5.41, 5.74) is 0.615. The Balaban J connectivity index is 1.32. The lowest BCUT2D eigenvalue weighted by molar-refractivity contribution is 0.0510. The maximum absolute atomic E-state index is 2.60. The second-order valence-corrected chi connectivity index (χ2v) is 37.2. The van der Waals surface area contributed by atoms with E-state index in [1.54, 1.807) is 77.0 Å². The van der Waals surface area contributed by atoms with E-state index in [1.807, 2.05) is 0 Å². The van der Waals surface area contributed by atoms with Gasteiger partial charge in [-0.25, -0.2) is 0 Å². The molecule has 4 saturated carbocycles. The molecule has 4 aliphatic rings. The second kappa shape index (κ2) is 60.8. The van der Waals surface area contributed by atoms with Gasteiger partial charge in [-0.3, -0.25) is 0 Å². The zero-order valence-corrected chi connectivity index (χ0v) is 70.7. The summed E-state index contributed by atoms with van der Waals surface area (Å²) in [5, 5.41) is 0. The van der Waals surface area contributed by atoms with Crippen molar-refractivity contribution in [1.82, 2.24) is 14.7 Å². The zero-order valence-electron chi connectivity index (χ0n) is 70.7. The van der Waals surface area contributed by atoms with Gasteiger partial charge >= 0.3 is 0 Å². The molecule has 5 unspecified atom stereocenters. The third kappa shape index (κ3) is 44.7. The number of unbranched alkanes of at least 4 members (excludes halogenated alkanes) is 45. The molecular weight excluding hydrogens is 1200 g/mol. The van der Waals surface area contributed by atoms with Crippen LogP contribution in [0.4, 0.5) is 0 Å². The van der Waals surface area contributed by atoms with Crippen molar-refractivity contribution in [3.8, 4) is 0 Å². The van der Waals surface area contributed by atoms with Crippen LogP contribution in [0.25, 0.3) is 0 Å². The molecule has 0 bridgehead atoms. The molecule has 13 atom stereocenters. The van der Waals surface area contributed by atoms with E-state index in [4.69, 9.17) is 0 Å². The third-order valence-corrected chi connectivity index (χ3v) is 27.9. The first kappa shape index (κ1) is 91.3. The smallest absolute Gasteiger partial charge is 0.00891 e. The van der Waals surface area contributed by atoms with Gasteiger partial charge < -0.3 is 14.7 Å². The molecule has 99 heavy (non-hydrogen) atoms. The zero-order chi connectivity index (χ0) is 71.1. The third-order valence-electron chi connectivity index (χ3n) is 27.9. The van der Waals surface area contributed by atoms with Crippen molar-refractivity contribution in [2.24, 2.45) is 58.7 Å². The first-order chi connectivity index (χ1) is 48.5. The van der Waals surface area contributed by atoms with Crippen molar-refractivity contribution < 1.29 is 0 Å². The summed E-state index contributed by atoms with van der Waals surface area (Å²) in [6.07, 6.45) is 107. The molecule has 4 rings (SSSR count). The van der Waals surface area contributed by atoms with E-state index >= 15 is 0 Å². The molecule has 3 nitrogen and oxygen atoms in total. The molecule has 0 amide bonds. The molecule has 3 heteroatoms. The summed E-state index contributed by atoms with van der Waals surface area (Å²) in [4.78, 5) is 7.75. The molecule has 0 heterocycles. The topological polar surface area (TPSA) is 9.72 Å². The normalized spacial score (nSPS) is 22.2. The monoisotopic (exact) mass is 1380 g/mol. The predicted octanol–water partition coefficient (Wildman–Crippen LogP) is 31.6. The Kier molecular flexibility index (Phi) is 56.1. The number of hydrogen-bond donors (Lipinski definition) is 0. The van der Waals surface area contributed by atoms with E-state index in [9.17, 15) is 0 Å². The van der Waals surface area contributed by atoms with E-state index in [2.05, 4.69) is 91.6 Å². The van der Waals surface area contributed by atoms with Crippen LogP contribution in [0.5, 0.6) is 0 Å². The highest BCUT2D eigenvalue weighted by Crippen LogP contribution is 2.67. The average Bonchev–Trinajstić information content (AvgIpc) is 1.58. The minimum atomic E-state index is 0.615. The molecule has 0 spiro atoms. The molecular formula is C96H189N3. The van der Waals surface area contributed by atoms with Crippen molar-refractivity contribution >= 4 is 0 Å². The van der Waals surface area contributed by atoms with Gasteiger partial charge in [-0.05, 0) is 191 Å². The molecule has 0 radical (unpaired) electrons. The van der Waals surface area contributed by atoms with Crippen molar-refractivity contribution in [3.63, 3.8) is 0 Å². The Hall–Kier alpha value is -0.120. The summed E-state index contributed by atoms with van der Waals surface area (Å²) in [7, 11) is 14.2. The highest BCUT2D eigenvalue weighted by molar-refractivity contribution is 5.08. The fourth-order valence-electron chi connectivity index (χ4n) is 20.6. The van der Waals surface area contributed by atoms with Crippen LogP contribution in [-0.2, 0) is 0 Å². The van der Waals surface area contributed by atoms with Crippen LogP contribution in [-0.4, -0.2) is 75.1 Å². The molecule has 588 valence electrons. The Bertz CT molecular complexity index is 1720. The standard InChI is InChI=1S/C96H189N3/c1-12-17-22-26-34-45-58-71-90(97(6)7)72-59-46-36-30-31-39-49-63-76-94(93-82-86(93)68-55-41-27-23-18-13-2)96(95-83-87(95)69-56-42-28-24-19-14-3,78-65-52-50-62-75-92(99(10)11)70-57-44-29-25-20-15-4)77-64-51-40-33-38-48-61-74-91(98(8)9)73-60-47-37-32-35-43-54-67-85-80-89(85)81-88-79-84(88)66-53-21-16-5/h84-95H,12-83H2,1-11H3/t84-,85+,86-,87-,88-,89+,90?,91?,92?,93+,94?,95+,96?/m1/s1. The maximum Gasteiger partial charge on any atom is 0.00891 e. The van der Waals surface area contributed by atoms with Gasteiger partial charge in [-0.15, -0.1) is 0 Å². The van der Waals surface area contributed by atoms with Crippen molar-refractivity contribution in [1.29, 1.82) is 0 Å². The van der Waals surface area contributed by atoms with Crippen molar-refractivity contribution in [2.45, 2.75) is 515 Å². The van der Waals surface area contributed by atoms with Crippen LogP contribution in [0, 0.1) is 58.7 Å². The predicted molar refractivity (Wildman–Crippen MR) is 447 cm³/mol. The van der Waals surface area contributed by atoms with E-state index in [-0.39, 0.29) is 0 Å². The number of rotatable bonds is 79. The molecule has 0 aliphatic heterocycles. The Morgan fingerprint density at radius 2 is 0.475 bits per heavy atom. The van der Waals surface area contributed by atoms with E-state index < -0.39 is 0 Å². The average molecular weight is 1390 g/mol. The number of hydrogen-bond acceptors (Lipinski definition) is 3. The summed E-state index contributed by atoms with van der Waals surface area (Å²) < 4.78 is 0. The molecule has 4 fully saturated rings. The quantitative estimate of drug-likeness (QED) is 0.0562. The van der Waals surface area contributed by atoms with Crippen LogP contribution in [0.15, 0.2) is 0 Å². The Morgan fingerprint density at radius 1 is 0.232 bits per heavy atom. The highest BCUT2D eigenvalue weighted by Gasteiger charge is 2.59. The van der Waals surface area contributed by atoms with E-state index in [1.165, 1.54) is 385 Å². The van der Waals surface area contributed by atoms with Crippen molar-refractivity contribution in [2.75, 3.05) is 42.3 Å². The van der Waals surface area contributed by atoms with Crippen LogP contribution in [0.1, 0.15) is 497 Å². The second-order valence-electron chi connectivity index (χ2n) is 37.2. The molecule has 0 aromatic heterocycles. The lowest BCUT2D eigenvalue weighted by Gasteiger charge is -2.44. The Morgan fingerprint density at radius 3 is 0.788 bits per heavy atom. The van der Waals surface area contributed by atoms with Gasteiger partial charge in [-0.1, -0.05) is 407 Å². The van der Waals surface area contributed by atoms with Gasteiger partial charge in [0.15, 0.2) is 0 Å². The molecule has 4 aliphatic carbocycles. The summed E-state index contributed by atoms with van der Waals surface area (Å²) in [6.45, 7) is 11.8. The van der Waals surface area contributed by atoms with Gasteiger partial charge in [0.1, 0.15) is 0 Å². The molecule has 0 N–H and O–H groups in total. The molecule has 0 aromatic carbocycles. The van der Waals surface area contributed by atoms with Gasteiger partial charge in [-0.2, -0.15) is 0 Å². The van der Waals surface area contributed by atoms with Crippen LogP contribution >= 0.6 is 0 Å². The van der Waals surface area contributed by atoms with Gasteiger partial charge in [0.25, 0.3) is 0 Å². The summed E-state index contributed by atoms with van der Waals surface area (Å²) >= 11 is 0. The fraction of sp³-hybridized carbons (Fsp3) is 1.00. The summed E-state index contributed by atoms with van der Waals surface area (Å²) in [5.74, 6) is 9.70. The lowest BCUT2D eigenvalue weighted by Crippen LogP contribution is -2.36. The minimum absolute atomic E-state index is 0.615. The molecule has 0 aromatic rings. The van der Waals surface area contributed by atoms with Crippen LogP contribution in [0.2, 0.25) is 0 Å². The largest absolute Gasteiger partial charge is 0.306 e. The highest BCUT2D eigenvalue weighted by atomic mass is 15.1. The van der Waals surface area contributed by atoms with E-state index in [0.717, 1.165) is 71.4 Å². The first-order valence-electron chi connectivity index (χ1n) is 47.5. The number of nitrogens with zero attached hydrogens (tertiary/aromatic N) is 3. The van der Waals surface area contributed by atoms with Crippen molar-refractivity contribution in [3.05, 3.63) is 0 Å². The fourth-order valence-corrected chi connectivity index (χ4v) is 20.6. The minimum Gasteiger partial charge on any atom is -0.306 e. The SMILES string of the molecule is CCCCCCCCCC(CCCCCCCCCCC([C@H]1C[C@H]1CCCCCCCC)C(CCCCCCCCCC(CCCCCCCCC[C@H]1C[C@H]1C[C@H]1C[C@H]1CCCCC)N(C)C)(CCCCCCC(CCCCCCCC)N(C)C)[C@H]1C[C@H]1CCCCCCCC)N(C)C. The van der Waals surface area contributed by atoms with Crippen LogP contribution < -0.4 is 0 Å². The maximum atomic E-state index is 2.60. The van der Waals surface area contributed by atoms with Gasteiger partial charge in [0.2, 0.25) is 0 Å². The van der Waals surface area contributed by atoms with Gasteiger partial charge in [0, 0.05) is 18.1 Å². The molecule has 0 saturated heterocycles. The first-order valence-corrected chi connectivity index (χ1v) is 47.5. The van der Waals surface area contributed by atoms with Gasteiger partial charge in [0.05, 0.1) is 0 Å². The lowest BCUT2D eigenvalue weighted by atomic mass is 9.61. The summed E-state index contributed by atoms with van der Waals surface area (Å²) in [6, 6.07) is 2.37.